The van der Waals surface area contributed by atoms with Crippen LogP contribution in [0.1, 0.15) is 18.1 Å². The van der Waals surface area contributed by atoms with Crippen LogP contribution in [0.2, 0.25) is 0 Å². The monoisotopic (exact) mass is 358 g/mol. The van der Waals surface area contributed by atoms with E-state index in [2.05, 4.69) is 29.6 Å². The zero-order chi connectivity index (χ0) is 19.3. The Balaban J connectivity index is 2.06. The topological polar surface area (TPSA) is 85.9 Å². The SMILES string of the molecule is COc1cc([N+](=O)[O-])ccc1NC(=O)[C@@H](C)[NH+](C)Cc1ccc(C)cc1. The lowest BCUT2D eigenvalue weighted by atomic mass is 10.1. The molecule has 0 saturated carbocycles. The van der Waals surface area contributed by atoms with Crippen molar-refractivity contribution in [3.63, 3.8) is 0 Å². The molecule has 0 aliphatic rings. The van der Waals surface area contributed by atoms with Gasteiger partial charge in [0.2, 0.25) is 0 Å². The number of ether oxygens (including phenoxy) is 1. The third-order valence-electron chi connectivity index (χ3n) is 4.39. The predicted molar refractivity (Wildman–Crippen MR) is 99.5 cm³/mol. The van der Waals surface area contributed by atoms with Crippen LogP contribution in [0.5, 0.6) is 5.75 Å². The molecule has 0 fully saturated rings. The zero-order valence-corrected chi connectivity index (χ0v) is 15.4. The number of hydrogen-bond acceptors (Lipinski definition) is 4. The van der Waals surface area contributed by atoms with E-state index >= 15 is 0 Å². The van der Waals surface area contributed by atoms with E-state index < -0.39 is 4.92 Å². The highest BCUT2D eigenvalue weighted by atomic mass is 16.6. The van der Waals surface area contributed by atoms with Crippen LogP contribution >= 0.6 is 0 Å². The Bertz CT molecular complexity index is 790. The summed E-state index contributed by atoms with van der Waals surface area (Å²) in [7, 11) is 3.37. The second kappa shape index (κ2) is 8.44. The van der Waals surface area contributed by atoms with Crippen LogP contribution in [0.4, 0.5) is 11.4 Å². The van der Waals surface area contributed by atoms with Crippen LogP contribution < -0.4 is 15.0 Å². The lowest BCUT2D eigenvalue weighted by Crippen LogP contribution is -3.12. The number of benzene rings is 2. The van der Waals surface area contributed by atoms with Crippen molar-refractivity contribution >= 4 is 17.3 Å². The molecule has 0 saturated heterocycles. The normalized spacial score (nSPS) is 12.9. The van der Waals surface area contributed by atoms with Crippen molar-refractivity contribution < 1.29 is 19.4 Å². The summed E-state index contributed by atoms with van der Waals surface area (Å²) in [6.07, 6.45) is 0. The van der Waals surface area contributed by atoms with Gasteiger partial charge in [-0.3, -0.25) is 14.9 Å². The van der Waals surface area contributed by atoms with Gasteiger partial charge in [0.15, 0.2) is 6.04 Å². The standard InChI is InChI=1S/C19H23N3O4/c1-13-5-7-15(8-6-13)12-21(3)14(2)19(23)20-17-10-9-16(22(24)25)11-18(17)26-4/h5-11,14H,12H2,1-4H3,(H,20,23)/p+1/t14-/m1/s1. The van der Waals surface area contributed by atoms with Crippen LogP contribution in [0.3, 0.4) is 0 Å². The fraction of sp³-hybridized carbons (Fsp3) is 0.316. The van der Waals surface area contributed by atoms with Gasteiger partial charge in [-0.2, -0.15) is 0 Å². The third-order valence-corrected chi connectivity index (χ3v) is 4.39. The van der Waals surface area contributed by atoms with Crippen LogP contribution in [0.15, 0.2) is 42.5 Å². The molecule has 2 aromatic carbocycles. The molecule has 2 aromatic rings. The molecule has 7 nitrogen and oxygen atoms in total. The van der Waals surface area contributed by atoms with E-state index in [9.17, 15) is 14.9 Å². The Morgan fingerprint density at radius 1 is 1.27 bits per heavy atom. The lowest BCUT2D eigenvalue weighted by Gasteiger charge is -2.21. The second-order valence-corrected chi connectivity index (χ2v) is 6.36. The van der Waals surface area contributed by atoms with E-state index in [1.165, 1.54) is 30.9 Å². The number of non-ortho nitro benzene ring substituents is 1. The highest BCUT2D eigenvalue weighted by Crippen LogP contribution is 2.28. The van der Waals surface area contributed by atoms with Gasteiger partial charge < -0.3 is 15.0 Å². The number of quaternary nitrogens is 1. The molecular formula is C19H24N3O4+. The van der Waals surface area contributed by atoms with Crippen molar-refractivity contribution in [2.75, 3.05) is 19.5 Å². The van der Waals surface area contributed by atoms with Gasteiger partial charge in [-0.25, -0.2) is 0 Å². The van der Waals surface area contributed by atoms with Gasteiger partial charge in [0.1, 0.15) is 12.3 Å². The Labute approximate surface area is 152 Å². The van der Waals surface area contributed by atoms with Crippen LogP contribution in [0, 0.1) is 17.0 Å². The number of nitrogens with zero attached hydrogens (tertiary/aromatic N) is 1. The zero-order valence-electron chi connectivity index (χ0n) is 15.4. The maximum Gasteiger partial charge on any atom is 0.282 e. The van der Waals surface area contributed by atoms with Crippen molar-refractivity contribution in [3.8, 4) is 5.75 Å². The van der Waals surface area contributed by atoms with Crippen molar-refractivity contribution in [2.24, 2.45) is 0 Å². The summed E-state index contributed by atoms with van der Waals surface area (Å²) in [6, 6.07) is 12.0. The van der Waals surface area contributed by atoms with Gasteiger partial charge in [-0.05, 0) is 19.9 Å². The van der Waals surface area contributed by atoms with Gasteiger partial charge >= 0.3 is 0 Å². The highest BCUT2D eigenvalue weighted by molar-refractivity contribution is 5.95. The van der Waals surface area contributed by atoms with E-state index in [-0.39, 0.29) is 23.4 Å². The van der Waals surface area contributed by atoms with E-state index in [0.717, 1.165) is 10.5 Å². The van der Waals surface area contributed by atoms with Gasteiger partial charge in [-0.1, -0.05) is 29.8 Å². The first-order valence-electron chi connectivity index (χ1n) is 8.33. The first kappa shape index (κ1) is 19.4. The minimum atomic E-state index is -0.504. The lowest BCUT2D eigenvalue weighted by molar-refractivity contribution is -0.907. The van der Waals surface area contributed by atoms with Crippen LogP contribution in [0.25, 0.3) is 0 Å². The number of aryl methyl sites for hydroxylation is 1. The Morgan fingerprint density at radius 3 is 2.50 bits per heavy atom. The molecule has 2 atom stereocenters. The molecule has 0 heterocycles. The number of methoxy groups -OCH3 is 1. The molecule has 0 bridgehead atoms. The fourth-order valence-corrected chi connectivity index (χ4v) is 2.54. The minimum absolute atomic E-state index is 0.0880. The number of hydrogen-bond donors (Lipinski definition) is 2. The second-order valence-electron chi connectivity index (χ2n) is 6.36. The van der Waals surface area contributed by atoms with Gasteiger partial charge in [0, 0.05) is 11.6 Å². The van der Waals surface area contributed by atoms with Crippen molar-refractivity contribution in [1.82, 2.24) is 0 Å². The molecule has 7 heteroatoms. The van der Waals surface area contributed by atoms with E-state index in [1.54, 1.807) is 0 Å². The summed E-state index contributed by atoms with van der Waals surface area (Å²) < 4.78 is 5.16. The van der Waals surface area contributed by atoms with Gasteiger partial charge in [0.25, 0.3) is 11.6 Å². The predicted octanol–water partition coefficient (Wildman–Crippen LogP) is 1.95. The molecule has 138 valence electrons. The third kappa shape index (κ3) is 4.80. The fourth-order valence-electron chi connectivity index (χ4n) is 2.54. The average Bonchev–Trinajstić information content (AvgIpc) is 2.62. The number of carbonyl (C=O) groups excluding carboxylic acids is 1. The maximum atomic E-state index is 12.6. The van der Waals surface area contributed by atoms with E-state index in [4.69, 9.17) is 4.74 Å². The summed E-state index contributed by atoms with van der Waals surface area (Å²) in [4.78, 5) is 23.9. The summed E-state index contributed by atoms with van der Waals surface area (Å²) in [5.41, 5.74) is 2.68. The van der Waals surface area contributed by atoms with E-state index in [1.807, 2.05) is 20.9 Å². The number of nitrogens with one attached hydrogen (secondary N) is 2. The molecule has 0 spiro atoms. The number of rotatable bonds is 7. The smallest absolute Gasteiger partial charge is 0.282 e. The summed E-state index contributed by atoms with van der Waals surface area (Å²) in [5, 5.41) is 13.6. The molecular weight excluding hydrogens is 334 g/mol. The summed E-state index contributed by atoms with van der Waals surface area (Å²) in [6.45, 7) is 4.59. The molecule has 0 aromatic heterocycles. The number of anilines is 1. The molecule has 1 unspecified atom stereocenters. The average molecular weight is 358 g/mol. The highest BCUT2D eigenvalue weighted by Gasteiger charge is 2.23. The van der Waals surface area contributed by atoms with Crippen molar-refractivity contribution in [1.29, 1.82) is 0 Å². The first-order chi connectivity index (χ1) is 12.3. The molecule has 1 amide bonds. The molecule has 26 heavy (non-hydrogen) atoms. The molecule has 2 rings (SSSR count). The van der Waals surface area contributed by atoms with Crippen molar-refractivity contribution in [3.05, 3.63) is 63.7 Å². The Hall–Kier alpha value is -2.93. The van der Waals surface area contributed by atoms with E-state index in [0.29, 0.717) is 12.2 Å². The summed E-state index contributed by atoms with van der Waals surface area (Å²) >= 11 is 0. The summed E-state index contributed by atoms with van der Waals surface area (Å²) in [5.74, 6) is 0.0812. The van der Waals surface area contributed by atoms with Crippen molar-refractivity contribution in [2.45, 2.75) is 26.4 Å². The van der Waals surface area contributed by atoms with Gasteiger partial charge in [-0.15, -0.1) is 0 Å². The number of amides is 1. The Kier molecular flexibility index (Phi) is 6.30. The molecule has 0 radical (unpaired) electrons. The van der Waals surface area contributed by atoms with Crippen LogP contribution in [-0.2, 0) is 11.3 Å². The maximum absolute atomic E-state index is 12.6. The number of carbonyl (C=O) groups is 1. The largest absolute Gasteiger partial charge is 0.494 e. The van der Waals surface area contributed by atoms with Gasteiger partial charge in [0.05, 0.1) is 30.8 Å². The van der Waals surface area contributed by atoms with Crippen LogP contribution in [-0.4, -0.2) is 31.0 Å². The molecule has 2 N–H and O–H groups in total. The molecule has 0 aliphatic carbocycles. The first-order valence-corrected chi connectivity index (χ1v) is 8.33. The quantitative estimate of drug-likeness (QED) is 0.585. The Morgan fingerprint density at radius 2 is 1.92 bits per heavy atom. The number of nitro groups is 1. The number of nitro benzene ring substituents is 1. The molecule has 0 aliphatic heterocycles. The number of likely N-dealkylation sites (N-methyl/N-ethyl adjacent to an activating group) is 1. The minimum Gasteiger partial charge on any atom is -0.494 e.